The molecule has 5 nitrogen and oxygen atoms in total. The molecule has 1 aromatic carbocycles. The number of ether oxygens (including phenoxy) is 1. The van der Waals surface area contributed by atoms with E-state index in [-0.39, 0.29) is 18.5 Å². The van der Waals surface area contributed by atoms with Crippen molar-refractivity contribution in [2.45, 2.75) is 26.4 Å². The molecular formula is C15H19N3O2. The van der Waals surface area contributed by atoms with Gasteiger partial charge in [-0.15, -0.1) is 0 Å². The van der Waals surface area contributed by atoms with Crippen LogP contribution in [0.1, 0.15) is 24.1 Å². The molecule has 0 unspecified atom stereocenters. The smallest absolute Gasteiger partial charge is 0.242 e. The molecular weight excluding hydrogens is 254 g/mol. The fraction of sp³-hybridized carbons (Fsp3) is 0.333. The molecule has 1 aromatic heterocycles. The summed E-state index contributed by atoms with van der Waals surface area (Å²) in [6, 6.07) is 7.55. The van der Waals surface area contributed by atoms with E-state index in [1.54, 1.807) is 18.0 Å². The Labute approximate surface area is 118 Å². The number of nitrogens with one attached hydrogen (secondary N) is 1. The van der Waals surface area contributed by atoms with Crippen molar-refractivity contribution in [3.63, 3.8) is 0 Å². The number of benzene rings is 1. The predicted octanol–water partition coefficient (Wildman–Crippen LogP) is 2.08. The lowest BCUT2D eigenvalue weighted by Crippen LogP contribution is -2.30. The van der Waals surface area contributed by atoms with E-state index in [1.165, 1.54) is 0 Å². The summed E-state index contributed by atoms with van der Waals surface area (Å²) in [5.74, 6) is 0.696. The summed E-state index contributed by atoms with van der Waals surface area (Å²) in [6.45, 7) is 4.09. The van der Waals surface area contributed by atoms with Crippen LogP contribution in [0.2, 0.25) is 0 Å². The molecule has 0 radical (unpaired) electrons. The molecule has 1 heterocycles. The van der Waals surface area contributed by atoms with E-state index in [9.17, 15) is 4.79 Å². The Kier molecular flexibility index (Phi) is 4.40. The highest BCUT2D eigenvalue weighted by Gasteiger charge is 2.13. The molecule has 1 atom stereocenters. The van der Waals surface area contributed by atoms with Gasteiger partial charge in [0.15, 0.2) is 0 Å². The summed E-state index contributed by atoms with van der Waals surface area (Å²) in [4.78, 5) is 12.0. The molecule has 2 aromatic rings. The molecule has 20 heavy (non-hydrogen) atoms. The summed E-state index contributed by atoms with van der Waals surface area (Å²) < 4.78 is 6.93. The lowest BCUT2D eigenvalue weighted by Gasteiger charge is -2.17. The first-order valence-electron chi connectivity index (χ1n) is 6.51. The normalized spacial score (nSPS) is 11.9. The first-order valence-corrected chi connectivity index (χ1v) is 6.51. The van der Waals surface area contributed by atoms with E-state index in [0.717, 1.165) is 16.9 Å². The van der Waals surface area contributed by atoms with Gasteiger partial charge in [0.2, 0.25) is 5.91 Å². The maximum absolute atomic E-state index is 12.0. The van der Waals surface area contributed by atoms with Crippen LogP contribution in [0.15, 0.2) is 36.7 Å². The van der Waals surface area contributed by atoms with E-state index in [2.05, 4.69) is 10.4 Å². The number of hydrogen-bond acceptors (Lipinski definition) is 3. The standard InChI is InChI=1S/C15H19N3O2/c1-11-8-16-18(9-11)10-15(19)17-12(2)13-6-4-5-7-14(13)20-3/h4-9,12H,10H2,1-3H3,(H,17,19)/t12-/m0/s1. The molecule has 1 amide bonds. The Morgan fingerprint density at radius 1 is 1.45 bits per heavy atom. The minimum absolute atomic E-state index is 0.0773. The number of carbonyl (C=O) groups excluding carboxylic acids is 1. The van der Waals surface area contributed by atoms with Crippen LogP contribution in [0.25, 0.3) is 0 Å². The second-order valence-corrected chi connectivity index (χ2v) is 4.75. The third kappa shape index (κ3) is 3.38. The number of aromatic nitrogens is 2. The molecule has 0 saturated heterocycles. The predicted molar refractivity (Wildman–Crippen MR) is 76.5 cm³/mol. The van der Waals surface area contributed by atoms with Crippen molar-refractivity contribution in [1.29, 1.82) is 0 Å². The summed E-state index contributed by atoms with van der Waals surface area (Å²) >= 11 is 0. The summed E-state index contributed by atoms with van der Waals surface area (Å²) in [7, 11) is 1.62. The van der Waals surface area contributed by atoms with Crippen molar-refractivity contribution in [2.75, 3.05) is 7.11 Å². The average molecular weight is 273 g/mol. The largest absolute Gasteiger partial charge is 0.496 e. The van der Waals surface area contributed by atoms with E-state index < -0.39 is 0 Å². The number of aryl methyl sites for hydroxylation is 1. The topological polar surface area (TPSA) is 56.1 Å². The second-order valence-electron chi connectivity index (χ2n) is 4.75. The second kappa shape index (κ2) is 6.23. The number of rotatable bonds is 5. The van der Waals surface area contributed by atoms with Gasteiger partial charge < -0.3 is 10.1 Å². The zero-order chi connectivity index (χ0) is 14.5. The lowest BCUT2D eigenvalue weighted by atomic mass is 10.1. The van der Waals surface area contributed by atoms with E-state index in [4.69, 9.17) is 4.74 Å². The molecule has 0 saturated carbocycles. The Morgan fingerprint density at radius 3 is 2.85 bits per heavy atom. The number of nitrogens with zero attached hydrogens (tertiary/aromatic N) is 2. The SMILES string of the molecule is COc1ccccc1[C@H](C)NC(=O)Cn1cc(C)cn1. The van der Waals surface area contributed by atoms with E-state index >= 15 is 0 Å². The lowest BCUT2D eigenvalue weighted by molar-refractivity contribution is -0.122. The van der Waals surface area contributed by atoms with Crippen LogP contribution < -0.4 is 10.1 Å². The third-order valence-corrected chi connectivity index (χ3v) is 3.05. The van der Waals surface area contributed by atoms with Gasteiger partial charge in [0.1, 0.15) is 12.3 Å². The van der Waals surface area contributed by atoms with E-state index in [1.807, 2.05) is 44.3 Å². The van der Waals surface area contributed by atoms with Crippen LogP contribution in [0.4, 0.5) is 0 Å². The fourth-order valence-electron chi connectivity index (χ4n) is 2.09. The highest BCUT2D eigenvalue weighted by molar-refractivity contribution is 5.76. The van der Waals surface area contributed by atoms with Gasteiger partial charge >= 0.3 is 0 Å². The van der Waals surface area contributed by atoms with Gasteiger partial charge in [0.25, 0.3) is 0 Å². The molecule has 106 valence electrons. The molecule has 0 aliphatic heterocycles. The molecule has 2 rings (SSSR count). The Bertz CT molecular complexity index is 592. The van der Waals surface area contributed by atoms with Crippen LogP contribution in [0.3, 0.4) is 0 Å². The number of methoxy groups -OCH3 is 1. The first-order chi connectivity index (χ1) is 9.60. The maximum Gasteiger partial charge on any atom is 0.242 e. The van der Waals surface area contributed by atoms with Crippen LogP contribution >= 0.6 is 0 Å². The number of hydrogen-bond donors (Lipinski definition) is 1. The molecule has 0 aliphatic rings. The van der Waals surface area contributed by atoms with Crippen molar-refractivity contribution in [2.24, 2.45) is 0 Å². The number of carbonyl (C=O) groups is 1. The maximum atomic E-state index is 12.0. The van der Waals surface area contributed by atoms with Crippen molar-refractivity contribution in [3.05, 3.63) is 47.8 Å². The van der Waals surface area contributed by atoms with Crippen LogP contribution in [0.5, 0.6) is 5.75 Å². The molecule has 5 heteroatoms. The molecule has 0 spiro atoms. The summed E-state index contributed by atoms with van der Waals surface area (Å²) in [6.07, 6.45) is 3.57. The first kappa shape index (κ1) is 14.1. The quantitative estimate of drug-likeness (QED) is 0.907. The van der Waals surface area contributed by atoms with Crippen molar-refractivity contribution >= 4 is 5.91 Å². The van der Waals surface area contributed by atoms with Crippen molar-refractivity contribution < 1.29 is 9.53 Å². The zero-order valence-corrected chi connectivity index (χ0v) is 12.0. The third-order valence-electron chi connectivity index (χ3n) is 3.05. The molecule has 1 N–H and O–H groups in total. The fourth-order valence-corrected chi connectivity index (χ4v) is 2.09. The number of amides is 1. The van der Waals surface area contributed by atoms with Gasteiger partial charge in [-0.3, -0.25) is 9.48 Å². The zero-order valence-electron chi connectivity index (χ0n) is 12.0. The van der Waals surface area contributed by atoms with Crippen molar-refractivity contribution in [1.82, 2.24) is 15.1 Å². The number of para-hydroxylation sites is 1. The van der Waals surface area contributed by atoms with Crippen molar-refractivity contribution in [3.8, 4) is 5.75 Å². The van der Waals surface area contributed by atoms with Gasteiger partial charge in [0, 0.05) is 11.8 Å². The average Bonchev–Trinajstić information content (AvgIpc) is 2.83. The Balaban J connectivity index is 2.00. The van der Waals surface area contributed by atoms with E-state index in [0.29, 0.717) is 0 Å². The summed E-state index contributed by atoms with van der Waals surface area (Å²) in [5.41, 5.74) is 2.00. The van der Waals surface area contributed by atoms with Gasteiger partial charge in [-0.2, -0.15) is 5.10 Å². The summed E-state index contributed by atoms with van der Waals surface area (Å²) in [5, 5.41) is 7.05. The minimum atomic E-state index is -0.115. The van der Waals surface area contributed by atoms with Crippen LogP contribution in [0, 0.1) is 6.92 Å². The highest BCUT2D eigenvalue weighted by Crippen LogP contribution is 2.24. The van der Waals surface area contributed by atoms with Gasteiger partial charge in [-0.25, -0.2) is 0 Å². The highest BCUT2D eigenvalue weighted by atomic mass is 16.5. The molecule has 0 fully saturated rings. The monoisotopic (exact) mass is 273 g/mol. The van der Waals surface area contributed by atoms with Gasteiger partial charge in [-0.1, -0.05) is 18.2 Å². The van der Waals surface area contributed by atoms with Crippen LogP contribution in [-0.2, 0) is 11.3 Å². The molecule has 0 aliphatic carbocycles. The van der Waals surface area contributed by atoms with Gasteiger partial charge in [0.05, 0.1) is 19.3 Å². The molecule has 0 bridgehead atoms. The Hall–Kier alpha value is -2.30. The Morgan fingerprint density at radius 2 is 2.20 bits per heavy atom. The van der Waals surface area contributed by atoms with Crippen LogP contribution in [-0.4, -0.2) is 22.8 Å². The van der Waals surface area contributed by atoms with Gasteiger partial charge in [-0.05, 0) is 25.5 Å². The minimum Gasteiger partial charge on any atom is -0.496 e.